The highest BCUT2D eigenvalue weighted by Gasteiger charge is 2.35. The van der Waals surface area contributed by atoms with Crippen LogP contribution >= 0.6 is 0 Å². The second-order valence-electron chi connectivity index (χ2n) is 5.71. The van der Waals surface area contributed by atoms with E-state index in [1.807, 2.05) is 20.8 Å². The van der Waals surface area contributed by atoms with Gasteiger partial charge in [-0.15, -0.1) is 0 Å². The number of likely N-dealkylation sites (N-methyl/N-ethyl adjacent to an activating group) is 1. The molecule has 0 aliphatic carbocycles. The lowest BCUT2D eigenvalue weighted by Crippen LogP contribution is -2.50. The molecular weight excluding hydrogens is 258 g/mol. The molecule has 1 fully saturated rings. The smallest absolute Gasteiger partial charge is 0.326 e. The van der Waals surface area contributed by atoms with Crippen LogP contribution < -0.4 is 5.32 Å². The van der Waals surface area contributed by atoms with Crippen LogP contribution in [0, 0.1) is 5.92 Å². The molecule has 1 aliphatic heterocycles. The van der Waals surface area contributed by atoms with Crippen molar-refractivity contribution in [3.63, 3.8) is 0 Å². The summed E-state index contributed by atoms with van der Waals surface area (Å²) in [6, 6.07) is 0. The molecule has 1 heterocycles. The molecule has 1 saturated heterocycles. The van der Waals surface area contributed by atoms with Crippen molar-refractivity contribution < 1.29 is 19.0 Å². The Labute approximate surface area is 122 Å². The third-order valence-electron chi connectivity index (χ3n) is 3.93. The highest BCUT2D eigenvalue weighted by molar-refractivity contribution is 5.80. The lowest BCUT2D eigenvalue weighted by molar-refractivity contribution is -0.152. The zero-order chi connectivity index (χ0) is 15.0. The fraction of sp³-hybridized carbons (Fsp3) is 0.933. The van der Waals surface area contributed by atoms with Crippen molar-refractivity contribution in [2.24, 2.45) is 5.92 Å². The highest BCUT2D eigenvalue weighted by atomic mass is 16.5. The van der Waals surface area contributed by atoms with E-state index >= 15 is 0 Å². The van der Waals surface area contributed by atoms with E-state index in [1.165, 1.54) is 0 Å². The quantitative estimate of drug-likeness (QED) is 0.689. The molecule has 1 N–H and O–H groups in total. The van der Waals surface area contributed by atoms with E-state index in [2.05, 4.69) is 5.32 Å². The van der Waals surface area contributed by atoms with Crippen molar-refractivity contribution in [1.82, 2.24) is 5.32 Å². The Hall–Kier alpha value is -0.650. The summed E-state index contributed by atoms with van der Waals surface area (Å²) in [5, 5.41) is 3.06. The Bertz CT molecular complexity index is 292. The van der Waals surface area contributed by atoms with E-state index in [0.29, 0.717) is 18.9 Å². The van der Waals surface area contributed by atoms with Gasteiger partial charge >= 0.3 is 5.97 Å². The first-order valence-electron chi connectivity index (χ1n) is 7.57. The molecule has 0 amide bonds. The van der Waals surface area contributed by atoms with Crippen molar-refractivity contribution in [2.75, 3.05) is 33.5 Å². The summed E-state index contributed by atoms with van der Waals surface area (Å²) in [6.45, 7) is 8.49. The number of hydrogen-bond donors (Lipinski definition) is 1. The van der Waals surface area contributed by atoms with Crippen LogP contribution in [-0.2, 0) is 19.0 Å². The van der Waals surface area contributed by atoms with Gasteiger partial charge in [0.2, 0.25) is 0 Å². The van der Waals surface area contributed by atoms with Crippen LogP contribution in [0.4, 0.5) is 0 Å². The third kappa shape index (κ3) is 5.38. The van der Waals surface area contributed by atoms with Crippen molar-refractivity contribution in [2.45, 2.75) is 51.7 Å². The number of carbonyl (C=O) groups excluding carboxylic acids is 1. The van der Waals surface area contributed by atoms with Crippen LogP contribution in [0.1, 0.15) is 40.0 Å². The summed E-state index contributed by atoms with van der Waals surface area (Å²) >= 11 is 0. The lowest BCUT2D eigenvalue weighted by Gasteiger charge is -2.30. The molecule has 0 aromatic rings. The molecule has 5 nitrogen and oxygen atoms in total. The van der Waals surface area contributed by atoms with Gasteiger partial charge in [0.25, 0.3) is 0 Å². The van der Waals surface area contributed by atoms with Gasteiger partial charge in [-0.3, -0.25) is 4.79 Å². The van der Waals surface area contributed by atoms with Crippen LogP contribution in [0.3, 0.4) is 0 Å². The minimum absolute atomic E-state index is 0.0136. The predicted molar refractivity (Wildman–Crippen MR) is 77.7 cm³/mol. The second-order valence-corrected chi connectivity index (χ2v) is 5.71. The fourth-order valence-electron chi connectivity index (χ4n) is 2.43. The molecule has 0 spiro atoms. The summed E-state index contributed by atoms with van der Waals surface area (Å²) < 4.78 is 16.4. The number of esters is 1. The Morgan fingerprint density at radius 3 is 2.65 bits per heavy atom. The van der Waals surface area contributed by atoms with E-state index in [4.69, 9.17) is 14.2 Å². The topological polar surface area (TPSA) is 56.8 Å². The molecule has 2 unspecified atom stereocenters. The Morgan fingerprint density at radius 2 is 2.10 bits per heavy atom. The van der Waals surface area contributed by atoms with E-state index in [9.17, 15) is 4.79 Å². The first-order valence-corrected chi connectivity index (χ1v) is 7.57. The molecule has 0 aromatic heterocycles. The van der Waals surface area contributed by atoms with Crippen molar-refractivity contribution in [3.05, 3.63) is 0 Å². The molecule has 0 bridgehead atoms. The van der Waals surface area contributed by atoms with E-state index < -0.39 is 5.54 Å². The average molecular weight is 287 g/mol. The largest absolute Gasteiger partial charge is 0.465 e. The normalized spacial score (nSPS) is 21.2. The van der Waals surface area contributed by atoms with Crippen molar-refractivity contribution in [1.29, 1.82) is 0 Å². The Kier molecular flexibility index (Phi) is 7.48. The molecule has 5 heteroatoms. The van der Waals surface area contributed by atoms with Gasteiger partial charge in [-0.2, -0.15) is 0 Å². The summed E-state index contributed by atoms with van der Waals surface area (Å²) in [5.41, 5.74) is -0.689. The minimum atomic E-state index is -0.689. The number of ether oxygens (including phenoxy) is 3. The van der Waals surface area contributed by atoms with E-state index in [0.717, 1.165) is 32.7 Å². The maximum absolute atomic E-state index is 12.0. The zero-order valence-electron chi connectivity index (χ0n) is 13.2. The fourth-order valence-corrected chi connectivity index (χ4v) is 2.43. The Balaban J connectivity index is 2.37. The second kappa shape index (κ2) is 8.60. The summed E-state index contributed by atoms with van der Waals surface area (Å²) in [7, 11) is 1.78. The van der Waals surface area contributed by atoms with Crippen molar-refractivity contribution >= 4 is 5.97 Å². The van der Waals surface area contributed by atoms with Gasteiger partial charge < -0.3 is 19.5 Å². The average Bonchev–Trinajstić information content (AvgIpc) is 2.46. The van der Waals surface area contributed by atoms with Crippen LogP contribution in [0.25, 0.3) is 0 Å². The maximum atomic E-state index is 12.0. The molecule has 2 atom stereocenters. The summed E-state index contributed by atoms with van der Waals surface area (Å²) in [6.07, 6.45) is 2.74. The van der Waals surface area contributed by atoms with Crippen LogP contribution in [0.5, 0.6) is 0 Å². The molecule has 0 aromatic carbocycles. The third-order valence-corrected chi connectivity index (χ3v) is 3.93. The molecule has 0 saturated carbocycles. The van der Waals surface area contributed by atoms with Gasteiger partial charge in [0.05, 0.1) is 12.7 Å². The minimum Gasteiger partial charge on any atom is -0.465 e. The molecule has 1 aliphatic rings. The van der Waals surface area contributed by atoms with Crippen LogP contribution in [0.15, 0.2) is 0 Å². The van der Waals surface area contributed by atoms with Crippen LogP contribution in [-0.4, -0.2) is 51.1 Å². The van der Waals surface area contributed by atoms with Gasteiger partial charge in [-0.05, 0) is 46.6 Å². The molecular formula is C15H29NO4. The van der Waals surface area contributed by atoms with E-state index in [-0.39, 0.29) is 12.1 Å². The number of nitrogens with one attached hydrogen (secondary N) is 1. The molecule has 0 radical (unpaired) electrons. The lowest BCUT2D eigenvalue weighted by atomic mass is 9.94. The predicted octanol–water partition coefficient (Wildman–Crippen LogP) is 1.75. The van der Waals surface area contributed by atoms with Gasteiger partial charge in [0, 0.05) is 26.2 Å². The highest BCUT2D eigenvalue weighted by Crippen LogP contribution is 2.19. The molecule has 1 rings (SSSR count). The maximum Gasteiger partial charge on any atom is 0.326 e. The van der Waals surface area contributed by atoms with E-state index in [1.54, 1.807) is 7.05 Å². The monoisotopic (exact) mass is 287 g/mol. The summed E-state index contributed by atoms with van der Waals surface area (Å²) in [5.74, 6) is 0.360. The van der Waals surface area contributed by atoms with Gasteiger partial charge in [0.15, 0.2) is 0 Å². The zero-order valence-corrected chi connectivity index (χ0v) is 13.2. The number of carbonyl (C=O) groups is 1. The SMILES string of the molecule is CCOC(=O)C(C)(CC(C)OCC1CCOCC1)NC. The van der Waals surface area contributed by atoms with Gasteiger partial charge in [-0.25, -0.2) is 0 Å². The molecule has 20 heavy (non-hydrogen) atoms. The van der Waals surface area contributed by atoms with Crippen LogP contribution in [0.2, 0.25) is 0 Å². The Morgan fingerprint density at radius 1 is 1.45 bits per heavy atom. The summed E-state index contributed by atoms with van der Waals surface area (Å²) in [4.78, 5) is 12.0. The van der Waals surface area contributed by atoms with Gasteiger partial charge in [0.1, 0.15) is 5.54 Å². The first-order chi connectivity index (χ1) is 9.51. The number of rotatable bonds is 8. The first kappa shape index (κ1) is 17.4. The standard InChI is InChI=1S/C15H29NO4/c1-5-19-14(17)15(3,16-4)10-12(2)20-11-13-6-8-18-9-7-13/h12-13,16H,5-11H2,1-4H3. The number of hydrogen-bond acceptors (Lipinski definition) is 5. The van der Waals surface area contributed by atoms with Gasteiger partial charge in [-0.1, -0.05) is 0 Å². The van der Waals surface area contributed by atoms with Crippen molar-refractivity contribution in [3.8, 4) is 0 Å². The molecule has 118 valence electrons.